The molecule has 3 rings (SSSR count). The smallest absolute Gasteiger partial charge is 0.243 e. The van der Waals surface area contributed by atoms with Crippen molar-refractivity contribution >= 4 is 17.3 Å². The van der Waals surface area contributed by atoms with Gasteiger partial charge in [-0.25, -0.2) is 0 Å². The van der Waals surface area contributed by atoms with Gasteiger partial charge in [0, 0.05) is 23.9 Å². The Morgan fingerprint density at radius 3 is 2.42 bits per heavy atom. The molecule has 1 atom stereocenters. The number of anilines is 2. The van der Waals surface area contributed by atoms with Gasteiger partial charge < -0.3 is 20.1 Å². The van der Waals surface area contributed by atoms with Crippen LogP contribution in [0.3, 0.4) is 0 Å². The summed E-state index contributed by atoms with van der Waals surface area (Å²) in [7, 11) is 0. The molecule has 31 heavy (non-hydrogen) atoms. The normalized spacial score (nSPS) is 11.4. The van der Waals surface area contributed by atoms with Crippen LogP contribution in [-0.2, 0) is 11.2 Å². The standard InChI is InChI=1S/C26H30N2O3/c1-3-20(2)31-25-11-7-10-23(18-25)27-19-26(29)28-22-12-14-24(15-13-22)30-17-16-21-8-5-4-6-9-21/h4-15,18,20,27H,3,16-17,19H2,1-2H3,(H,28,29). The molecular weight excluding hydrogens is 388 g/mol. The van der Waals surface area contributed by atoms with E-state index in [9.17, 15) is 4.79 Å². The summed E-state index contributed by atoms with van der Waals surface area (Å²) < 4.78 is 11.6. The summed E-state index contributed by atoms with van der Waals surface area (Å²) >= 11 is 0. The highest BCUT2D eigenvalue weighted by molar-refractivity contribution is 5.93. The van der Waals surface area contributed by atoms with Gasteiger partial charge in [-0.3, -0.25) is 4.79 Å². The van der Waals surface area contributed by atoms with Gasteiger partial charge in [0.2, 0.25) is 5.91 Å². The van der Waals surface area contributed by atoms with Crippen LogP contribution in [0.25, 0.3) is 0 Å². The molecule has 0 aliphatic heterocycles. The molecule has 0 fully saturated rings. The van der Waals surface area contributed by atoms with Gasteiger partial charge >= 0.3 is 0 Å². The number of nitrogens with one attached hydrogen (secondary N) is 2. The highest BCUT2D eigenvalue weighted by Gasteiger charge is 2.05. The Labute approximate surface area is 184 Å². The van der Waals surface area contributed by atoms with Crippen LogP contribution < -0.4 is 20.1 Å². The summed E-state index contributed by atoms with van der Waals surface area (Å²) in [5.41, 5.74) is 2.82. The molecule has 0 saturated carbocycles. The van der Waals surface area contributed by atoms with Crippen LogP contribution in [0.4, 0.5) is 11.4 Å². The molecule has 0 spiro atoms. The summed E-state index contributed by atoms with van der Waals surface area (Å²) in [5, 5.41) is 6.02. The van der Waals surface area contributed by atoms with E-state index in [1.54, 1.807) is 0 Å². The third-order valence-corrected chi connectivity index (χ3v) is 4.84. The van der Waals surface area contributed by atoms with Crippen molar-refractivity contribution in [2.24, 2.45) is 0 Å². The molecule has 0 aromatic heterocycles. The Balaban J connectivity index is 1.41. The summed E-state index contributed by atoms with van der Waals surface area (Å²) in [6.07, 6.45) is 1.95. The van der Waals surface area contributed by atoms with Gasteiger partial charge in [-0.1, -0.05) is 43.3 Å². The third-order valence-electron chi connectivity index (χ3n) is 4.84. The van der Waals surface area contributed by atoms with Crippen LogP contribution in [0.1, 0.15) is 25.8 Å². The average molecular weight is 419 g/mol. The van der Waals surface area contributed by atoms with Crippen LogP contribution in [-0.4, -0.2) is 25.2 Å². The quantitative estimate of drug-likeness (QED) is 0.429. The van der Waals surface area contributed by atoms with E-state index in [2.05, 4.69) is 29.7 Å². The number of amides is 1. The number of ether oxygens (including phenoxy) is 2. The van der Waals surface area contributed by atoms with E-state index >= 15 is 0 Å². The fourth-order valence-electron chi connectivity index (χ4n) is 2.95. The number of carbonyl (C=O) groups is 1. The zero-order chi connectivity index (χ0) is 21.9. The summed E-state index contributed by atoms with van der Waals surface area (Å²) in [4.78, 5) is 12.3. The van der Waals surface area contributed by atoms with Crippen LogP contribution in [0.15, 0.2) is 78.9 Å². The van der Waals surface area contributed by atoms with Crippen LogP contribution >= 0.6 is 0 Å². The molecule has 0 saturated heterocycles. The van der Waals surface area contributed by atoms with Crippen molar-refractivity contribution in [1.29, 1.82) is 0 Å². The highest BCUT2D eigenvalue weighted by atomic mass is 16.5. The zero-order valence-electron chi connectivity index (χ0n) is 18.1. The molecule has 3 aromatic carbocycles. The average Bonchev–Trinajstić information content (AvgIpc) is 2.80. The van der Waals surface area contributed by atoms with Crippen molar-refractivity contribution in [2.75, 3.05) is 23.8 Å². The Morgan fingerprint density at radius 2 is 1.68 bits per heavy atom. The molecule has 0 aliphatic carbocycles. The Morgan fingerprint density at radius 1 is 0.903 bits per heavy atom. The first-order valence-corrected chi connectivity index (χ1v) is 10.7. The summed E-state index contributed by atoms with van der Waals surface area (Å²) in [5.74, 6) is 1.46. The first-order chi connectivity index (χ1) is 15.1. The lowest BCUT2D eigenvalue weighted by molar-refractivity contribution is -0.114. The molecule has 5 heteroatoms. The number of benzene rings is 3. The highest BCUT2D eigenvalue weighted by Crippen LogP contribution is 2.19. The lowest BCUT2D eigenvalue weighted by atomic mass is 10.2. The minimum Gasteiger partial charge on any atom is -0.493 e. The van der Waals surface area contributed by atoms with Crippen molar-refractivity contribution < 1.29 is 14.3 Å². The maximum Gasteiger partial charge on any atom is 0.243 e. The molecule has 162 valence electrons. The Kier molecular flexibility index (Phi) is 8.35. The van der Waals surface area contributed by atoms with Gasteiger partial charge in [-0.15, -0.1) is 0 Å². The zero-order valence-corrected chi connectivity index (χ0v) is 18.1. The molecule has 0 radical (unpaired) electrons. The lowest BCUT2D eigenvalue weighted by Crippen LogP contribution is -2.21. The molecule has 2 N–H and O–H groups in total. The first kappa shape index (κ1) is 22.2. The predicted octanol–water partition coefficient (Wildman–Crippen LogP) is 5.54. The van der Waals surface area contributed by atoms with E-state index in [0.717, 1.165) is 35.7 Å². The third kappa shape index (κ3) is 7.70. The number of hydrogen-bond acceptors (Lipinski definition) is 4. The van der Waals surface area contributed by atoms with Crippen LogP contribution in [0.2, 0.25) is 0 Å². The van der Waals surface area contributed by atoms with Crippen molar-refractivity contribution in [1.82, 2.24) is 0 Å². The number of hydrogen-bond donors (Lipinski definition) is 2. The van der Waals surface area contributed by atoms with Gasteiger partial charge in [0.05, 0.1) is 19.3 Å². The molecule has 0 aliphatic rings. The lowest BCUT2D eigenvalue weighted by Gasteiger charge is -2.14. The molecule has 5 nitrogen and oxygen atoms in total. The van der Waals surface area contributed by atoms with Gasteiger partial charge in [-0.05, 0) is 55.3 Å². The monoisotopic (exact) mass is 418 g/mol. The molecule has 0 heterocycles. The topological polar surface area (TPSA) is 59.6 Å². The van der Waals surface area contributed by atoms with E-state index in [0.29, 0.717) is 6.61 Å². The second-order valence-electron chi connectivity index (χ2n) is 7.37. The second kappa shape index (κ2) is 11.6. The minimum atomic E-state index is -0.119. The Bertz CT molecular complexity index is 942. The SMILES string of the molecule is CCC(C)Oc1cccc(NCC(=O)Nc2ccc(OCCc3ccccc3)cc2)c1. The predicted molar refractivity (Wildman–Crippen MR) is 126 cm³/mol. The molecule has 1 amide bonds. The van der Waals surface area contributed by atoms with Crippen molar-refractivity contribution in [3.63, 3.8) is 0 Å². The number of carbonyl (C=O) groups excluding carboxylic acids is 1. The van der Waals surface area contributed by atoms with E-state index in [4.69, 9.17) is 9.47 Å². The van der Waals surface area contributed by atoms with E-state index in [-0.39, 0.29) is 18.6 Å². The largest absolute Gasteiger partial charge is 0.493 e. The minimum absolute atomic E-state index is 0.119. The molecule has 1 unspecified atom stereocenters. The Hall–Kier alpha value is -3.47. The fraction of sp³-hybridized carbons (Fsp3) is 0.269. The van der Waals surface area contributed by atoms with E-state index in [1.165, 1.54) is 5.56 Å². The maximum atomic E-state index is 12.3. The van der Waals surface area contributed by atoms with Gasteiger partial charge in [0.1, 0.15) is 11.5 Å². The van der Waals surface area contributed by atoms with Crippen molar-refractivity contribution in [2.45, 2.75) is 32.8 Å². The molecule has 3 aromatic rings. The van der Waals surface area contributed by atoms with Crippen molar-refractivity contribution in [3.8, 4) is 11.5 Å². The second-order valence-corrected chi connectivity index (χ2v) is 7.37. The van der Waals surface area contributed by atoms with E-state index in [1.807, 2.05) is 73.7 Å². The summed E-state index contributed by atoms with van der Waals surface area (Å²) in [6, 6.07) is 25.3. The summed E-state index contributed by atoms with van der Waals surface area (Å²) in [6.45, 7) is 4.90. The molecular formula is C26H30N2O3. The van der Waals surface area contributed by atoms with Crippen molar-refractivity contribution in [3.05, 3.63) is 84.4 Å². The van der Waals surface area contributed by atoms with Gasteiger partial charge in [0.25, 0.3) is 0 Å². The number of rotatable bonds is 11. The fourth-order valence-corrected chi connectivity index (χ4v) is 2.95. The maximum absolute atomic E-state index is 12.3. The van der Waals surface area contributed by atoms with Gasteiger partial charge in [0.15, 0.2) is 0 Å². The molecule has 0 bridgehead atoms. The van der Waals surface area contributed by atoms with E-state index < -0.39 is 0 Å². The first-order valence-electron chi connectivity index (χ1n) is 10.7. The van der Waals surface area contributed by atoms with Crippen LogP contribution in [0.5, 0.6) is 11.5 Å². The van der Waals surface area contributed by atoms with Crippen LogP contribution in [0, 0.1) is 0 Å². The van der Waals surface area contributed by atoms with Gasteiger partial charge in [-0.2, -0.15) is 0 Å².